The third kappa shape index (κ3) is 3.79. The molecule has 0 unspecified atom stereocenters. The molecule has 0 spiro atoms. The van der Waals surface area contributed by atoms with Gasteiger partial charge in [-0.05, 0) is 29.5 Å². The second-order valence-electron chi connectivity index (χ2n) is 6.34. The van der Waals surface area contributed by atoms with Gasteiger partial charge in [-0.2, -0.15) is 4.73 Å². The fourth-order valence-corrected chi connectivity index (χ4v) is 4.12. The van der Waals surface area contributed by atoms with Gasteiger partial charge in [-0.1, -0.05) is 48.5 Å². The summed E-state index contributed by atoms with van der Waals surface area (Å²) in [7, 11) is 1.37. The molecular formula is C23H18N2O3S. The Morgan fingerprint density at radius 3 is 2.52 bits per heavy atom. The number of rotatable bonds is 5. The summed E-state index contributed by atoms with van der Waals surface area (Å²) >= 11 is 1.33. The zero-order chi connectivity index (χ0) is 20.2. The number of nitrogens with zero attached hydrogens (tertiary/aromatic N) is 2. The fraction of sp³-hybridized carbons (Fsp3) is 0.0870. The molecule has 29 heavy (non-hydrogen) atoms. The molecule has 6 heteroatoms. The van der Waals surface area contributed by atoms with Crippen LogP contribution in [0.1, 0.15) is 16.1 Å². The number of para-hydroxylation sites is 1. The van der Waals surface area contributed by atoms with Crippen molar-refractivity contribution in [1.82, 2.24) is 4.98 Å². The Kier molecular flexibility index (Phi) is 5.44. The SMILES string of the molecule is COC(=O)c1c(CSc2cccc[n+]2[O-])nc2ccccc2c1-c1ccccc1. The molecule has 0 atom stereocenters. The van der Waals surface area contributed by atoms with E-state index in [2.05, 4.69) is 0 Å². The maximum Gasteiger partial charge on any atom is 0.340 e. The van der Waals surface area contributed by atoms with Crippen molar-refractivity contribution in [1.29, 1.82) is 0 Å². The molecule has 2 heterocycles. The smallest absolute Gasteiger partial charge is 0.340 e. The van der Waals surface area contributed by atoms with Crippen LogP contribution >= 0.6 is 11.8 Å². The predicted octanol–water partition coefficient (Wildman–Crippen LogP) is 4.61. The van der Waals surface area contributed by atoms with E-state index >= 15 is 0 Å². The van der Waals surface area contributed by atoms with Crippen molar-refractivity contribution in [2.45, 2.75) is 10.8 Å². The molecule has 144 valence electrons. The Hall–Kier alpha value is -3.38. The number of hydrogen-bond donors (Lipinski definition) is 0. The maximum atomic E-state index is 12.8. The largest absolute Gasteiger partial charge is 0.618 e. The van der Waals surface area contributed by atoms with E-state index < -0.39 is 5.97 Å². The Labute approximate surface area is 172 Å². The average Bonchev–Trinajstić information content (AvgIpc) is 2.77. The topological polar surface area (TPSA) is 66.1 Å². The molecular weight excluding hydrogens is 384 g/mol. The zero-order valence-electron chi connectivity index (χ0n) is 15.7. The lowest BCUT2D eigenvalue weighted by atomic mass is 9.94. The number of carbonyl (C=O) groups excluding carboxylic acids is 1. The van der Waals surface area contributed by atoms with Crippen molar-refractivity contribution in [3.63, 3.8) is 0 Å². The van der Waals surface area contributed by atoms with Gasteiger partial charge >= 0.3 is 5.97 Å². The van der Waals surface area contributed by atoms with E-state index in [-0.39, 0.29) is 0 Å². The number of aromatic nitrogens is 2. The monoisotopic (exact) mass is 402 g/mol. The molecule has 0 amide bonds. The molecule has 0 aliphatic carbocycles. The second-order valence-corrected chi connectivity index (χ2v) is 7.33. The number of esters is 1. The van der Waals surface area contributed by atoms with Gasteiger partial charge in [0.1, 0.15) is 0 Å². The van der Waals surface area contributed by atoms with Crippen LogP contribution in [0.25, 0.3) is 22.0 Å². The minimum absolute atomic E-state index is 0.362. The second kappa shape index (κ2) is 8.32. The number of carbonyl (C=O) groups is 1. The number of thioether (sulfide) groups is 1. The lowest BCUT2D eigenvalue weighted by Gasteiger charge is -2.16. The summed E-state index contributed by atoms with van der Waals surface area (Å²) in [6.45, 7) is 0. The van der Waals surface area contributed by atoms with Gasteiger partial charge in [0, 0.05) is 28.8 Å². The van der Waals surface area contributed by atoms with E-state index in [0.717, 1.165) is 26.8 Å². The number of fused-ring (bicyclic) bond motifs is 1. The summed E-state index contributed by atoms with van der Waals surface area (Å²) in [6.07, 6.45) is 1.45. The number of hydrogen-bond acceptors (Lipinski definition) is 5. The average molecular weight is 402 g/mol. The van der Waals surface area contributed by atoms with Crippen LogP contribution < -0.4 is 4.73 Å². The number of pyridine rings is 2. The van der Waals surface area contributed by atoms with Crippen molar-refractivity contribution >= 4 is 28.6 Å². The summed E-state index contributed by atoms with van der Waals surface area (Å²) in [5, 5.41) is 13.4. The first kappa shape index (κ1) is 19.0. The van der Waals surface area contributed by atoms with Crippen LogP contribution in [0.3, 0.4) is 0 Å². The first-order valence-electron chi connectivity index (χ1n) is 9.05. The maximum absolute atomic E-state index is 12.8. The van der Waals surface area contributed by atoms with Gasteiger partial charge in [-0.25, -0.2) is 4.79 Å². The Bertz CT molecular complexity index is 1180. The van der Waals surface area contributed by atoms with Gasteiger partial charge < -0.3 is 9.94 Å². The van der Waals surface area contributed by atoms with Crippen LogP contribution in [0.4, 0.5) is 0 Å². The van der Waals surface area contributed by atoms with Crippen molar-refractivity contribution in [2.24, 2.45) is 0 Å². The molecule has 0 saturated heterocycles. The third-order valence-corrected chi connectivity index (χ3v) is 5.59. The predicted molar refractivity (Wildman–Crippen MR) is 113 cm³/mol. The van der Waals surface area contributed by atoms with Gasteiger partial charge in [-0.15, -0.1) is 0 Å². The number of methoxy groups -OCH3 is 1. The van der Waals surface area contributed by atoms with Crippen LogP contribution in [0.5, 0.6) is 0 Å². The quantitative estimate of drug-likeness (QED) is 0.211. The van der Waals surface area contributed by atoms with Gasteiger partial charge in [-0.3, -0.25) is 4.98 Å². The van der Waals surface area contributed by atoms with E-state index in [0.29, 0.717) is 22.0 Å². The lowest BCUT2D eigenvalue weighted by Crippen LogP contribution is -2.27. The van der Waals surface area contributed by atoms with Gasteiger partial charge in [0.2, 0.25) is 0 Å². The van der Waals surface area contributed by atoms with Crippen molar-refractivity contribution in [2.75, 3.05) is 7.11 Å². The standard InChI is InChI=1S/C23H18N2O3S/c1-28-23(26)22-19(15-29-20-13-7-8-14-25(20)27)24-18-12-6-5-11-17(18)21(22)16-9-3-2-4-10-16/h2-14H,15H2,1H3. The molecule has 2 aromatic heterocycles. The number of benzene rings is 2. The molecule has 0 saturated carbocycles. The van der Waals surface area contributed by atoms with E-state index in [1.807, 2.05) is 54.6 Å². The van der Waals surface area contributed by atoms with E-state index in [1.54, 1.807) is 18.2 Å². The normalized spacial score (nSPS) is 10.8. The molecule has 0 aliphatic rings. The zero-order valence-corrected chi connectivity index (χ0v) is 16.6. The Balaban J connectivity index is 1.91. The fourth-order valence-electron chi connectivity index (χ4n) is 3.26. The molecule has 2 aromatic carbocycles. The first-order chi connectivity index (χ1) is 14.2. The highest BCUT2D eigenvalue weighted by Gasteiger charge is 2.23. The highest BCUT2D eigenvalue weighted by Crippen LogP contribution is 2.35. The molecule has 0 N–H and O–H groups in total. The molecule has 5 nitrogen and oxygen atoms in total. The Morgan fingerprint density at radius 2 is 1.76 bits per heavy atom. The molecule has 0 bridgehead atoms. The minimum atomic E-state index is -0.444. The summed E-state index contributed by atoms with van der Waals surface area (Å²) in [5.74, 6) is -0.0813. The molecule has 0 fully saturated rings. The summed E-state index contributed by atoms with van der Waals surface area (Å²) in [4.78, 5) is 17.6. The van der Waals surface area contributed by atoms with Gasteiger partial charge in [0.15, 0.2) is 6.20 Å². The minimum Gasteiger partial charge on any atom is -0.618 e. The molecule has 4 aromatic rings. The Morgan fingerprint density at radius 1 is 1.03 bits per heavy atom. The van der Waals surface area contributed by atoms with E-state index in [1.165, 1.54) is 25.1 Å². The summed E-state index contributed by atoms with van der Waals surface area (Å²) in [6, 6.07) is 22.7. The first-order valence-corrected chi connectivity index (χ1v) is 10.0. The molecule has 0 radical (unpaired) electrons. The van der Waals surface area contributed by atoms with Crippen LogP contribution in [0, 0.1) is 5.21 Å². The highest BCUT2D eigenvalue weighted by atomic mass is 32.2. The van der Waals surface area contributed by atoms with E-state index in [4.69, 9.17) is 9.72 Å². The van der Waals surface area contributed by atoms with Crippen LogP contribution in [0.15, 0.2) is 84.0 Å². The van der Waals surface area contributed by atoms with Crippen LogP contribution in [0.2, 0.25) is 0 Å². The summed E-state index contributed by atoms with van der Waals surface area (Å²) in [5.41, 5.74) is 3.51. The van der Waals surface area contributed by atoms with Crippen molar-refractivity contribution < 1.29 is 14.3 Å². The van der Waals surface area contributed by atoms with Crippen molar-refractivity contribution in [3.8, 4) is 11.1 Å². The number of ether oxygens (including phenoxy) is 1. The molecule has 0 aliphatic heterocycles. The van der Waals surface area contributed by atoms with Crippen LogP contribution in [-0.4, -0.2) is 18.1 Å². The van der Waals surface area contributed by atoms with Crippen LogP contribution in [-0.2, 0) is 10.5 Å². The van der Waals surface area contributed by atoms with Gasteiger partial charge in [0.05, 0.1) is 23.9 Å². The third-order valence-electron chi connectivity index (χ3n) is 4.56. The highest BCUT2D eigenvalue weighted by molar-refractivity contribution is 7.98. The molecule has 4 rings (SSSR count). The summed E-state index contributed by atoms with van der Waals surface area (Å²) < 4.78 is 5.92. The van der Waals surface area contributed by atoms with Gasteiger partial charge in [0.25, 0.3) is 5.03 Å². The van der Waals surface area contributed by atoms with Crippen molar-refractivity contribution in [3.05, 3.63) is 95.5 Å². The van der Waals surface area contributed by atoms with E-state index in [9.17, 15) is 10.0 Å². The lowest BCUT2D eigenvalue weighted by molar-refractivity contribution is -0.645.